The van der Waals surface area contributed by atoms with Gasteiger partial charge in [0.05, 0.1) is 24.3 Å². The van der Waals surface area contributed by atoms with Crippen molar-refractivity contribution >= 4 is 11.6 Å². The Labute approximate surface area is 245 Å². The molecule has 0 spiro atoms. The number of nitrogens with zero attached hydrogens (tertiary/aromatic N) is 2. The normalized spacial score (nSPS) is 14.7. The molecule has 1 aliphatic rings. The summed E-state index contributed by atoms with van der Waals surface area (Å²) in [5, 5.41) is 22.4. The van der Waals surface area contributed by atoms with E-state index in [2.05, 4.69) is 46.7 Å². The van der Waals surface area contributed by atoms with Crippen LogP contribution in [0.15, 0.2) is 73.1 Å². The van der Waals surface area contributed by atoms with Crippen LogP contribution in [0.3, 0.4) is 0 Å². The molecular formula is C33H32ClN3O4. The third-order valence-corrected chi connectivity index (χ3v) is 7.53. The molecule has 0 bridgehead atoms. The molecule has 1 aromatic heterocycles. The number of aliphatic hydroxyl groups is 1. The second-order valence-corrected chi connectivity index (χ2v) is 10.5. The van der Waals surface area contributed by atoms with Crippen LogP contribution in [0.5, 0.6) is 17.2 Å². The number of nitrogens with one attached hydrogen (secondary N) is 1. The van der Waals surface area contributed by atoms with Crippen LogP contribution in [0.2, 0.25) is 5.02 Å². The molecule has 0 radical (unpaired) electrons. The maximum Gasteiger partial charge on any atom is 0.142 e. The Balaban J connectivity index is 1.40. The summed E-state index contributed by atoms with van der Waals surface area (Å²) >= 11 is 6.75. The zero-order valence-electron chi connectivity index (χ0n) is 23.1. The summed E-state index contributed by atoms with van der Waals surface area (Å²) in [7, 11) is 1.67. The van der Waals surface area contributed by atoms with Gasteiger partial charge in [-0.25, -0.2) is 0 Å². The minimum absolute atomic E-state index is 0.0113. The molecule has 0 amide bonds. The van der Waals surface area contributed by atoms with Crippen LogP contribution in [-0.2, 0) is 19.6 Å². The first-order valence-electron chi connectivity index (χ1n) is 13.6. The molecule has 4 aromatic rings. The highest BCUT2D eigenvalue weighted by atomic mass is 35.5. The van der Waals surface area contributed by atoms with Crippen LogP contribution >= 0.6 is 11.6 Å². The number of aliphatic hydroxyl groups excluding tert-OH is 1. The second-order valence-electron chi connectivity index (χ2n) is 10.1. The Morgan fingerprint density at radius 2 is 1.95 bits per heavy atom. The number of hydrogen-bond donors (Lipinski definition) is 2. The van der Waals surface area contributed by atoms with Gasteiger partial charge in [-0.05, 0) is 66.3 Å². The highest BCUT2D eigenvalue weighted by Gasteiger charge is 2.27. The van der Waals surface area contributed by atoms with Crippen LogP contribution in [0.4, 0.5) is 0 Å². The van der Waals surface area contributed by atoms with Gasteiger partial charge in [0.2, 0.25) is 0 Å². The van der Waals surface area contributed by atoms with Crippen molar-refractivity contribution in [2.24, 2.45) is 0 Å². The third kappa shape index (κ3) is 6.63. The van der Waals surface area contributed by atoms with E-state index in [1.807, 2.05) is 31.2 Å². The summed E-state index contributed by atoms with van der Waals surface area (Å²) in [4.78, 5) is 4.13. The number of ether oxygens (including phenoxy) is 3. The van der Waals surface area contributed by atoms with Gasteiger partial charge in [0, 0.05) is 42.2 Å². The van der Waals surface area contributed by atoms with Crippen LogP contribution < -0.4 is 19.5 Å². The molecule has 3 aromatic carbocycles. The number of rotatable bonds is 11. The molecule has 41 heavy (non-hydrogen) atoms. The van der Waals surface area contributed by atoms with Gasteiger partial charge < -0.3 is 24.6 Å². The van der Waals surface area contributed by atoms with Crippen molar-refractivity contribution in [2.75, 3.05) is 13.7 Å². The zero-order valence-corrected chi connectivity index (χ0v) is 23.8. The average molecular weight is 570 g/mol. The first kappa shape index (κ1) is 28.4. The number of pyridine rings is 1. The molecule has 2 atom stereocenters. The number of methoxy groups -OCH3 is 1. The summed E-state index contributed by atoms with van der Waals surface area (Å²) in [6, 6.07) is 21.9. The van der Waals surface area contributed by atoms with E-state index in [-0.39, 0.29) is 25.4 Å². The third-order valence-electron chi connectivity index (χ3n) is 7.23. The molecule has 7 nitrogen and oxygen atoms in total. The molecule has 0 fully saturated rings. The first-order chi connectivity index (χ1) is 20.0. The van der Waals surface area contributed by atoms with Crippen molar-refractivity contribution < 1.29 is 19.3 Å². The Morgan fingerprint density at radius 3 is 2.71 bits per heavy atom. The number of aromatic nitrogens is 1. The van der Waals surface area contributed by atoms with E-state index in [1.54, 1.807) is 19.4 Å². The molecule has 0 saturated carbocycles. The second kappa shape index (κ2) is 13.0. The number of fused-ring (bicyclic) bond motifs is 1. The SMILES string of the molecule is COc1ccc(-c2cccc3c2CC[C@@H]3Oc2cc(OCc3cncc(C#N)c3)c(CN[C@H](C)CO)cc2Cl)cc1. The highest BCUT2D eigenvalue weighted by Crippen LogP contribution is 2.43. The summed E-state index contributed by atoms with van der Waals surface area (Å²) in [6.45, 7) is 2.59. The van der Waals surface area contributed by atoms with Gasteiger partial charge in [0.15, 0.2) is 0 Å². The van der Waals surface area contributed by atoms with E-state index >= 15 is 0 Å². The standard InChI is InChI=1S/C33H32ClN3O4/c1-21(19-38)37-18-25-13-30(34)33(14-32(25)40-20-23-12-22(15-35)16-36-17-23)41-31-11-10-28-27(4-3-5-29(28)31)24-6-8-26(39-2)9-7-24/h3-9,12-14,16-17,21,31,37-38H,10-11,18-20H2,1-2H3/t21-,31+/m1/s1. The minimum atomic E-state index is -0.150. The van der Waals surface area contributed by atoms with Crippen molar-refractivity contribution in [1.29, 1.82) is 5.26 Å². The molecule has 210 valence electrons. The van der Waals surface area contributed by atoms with Gasteiger partial charge >= 0.3 is 0 Å². The van der Waals surface area contributed by atoms with Gasteiger partial charge in [-0.2, -0.15) is 5.26 Å². The Hall–Kier alpha value is -4.09. The van der Waals surface area contributed by atoms with E-state index in [0.717, 1.165) is 40.8 Å². The number of benzene rings is 3. The Morgan fingerprint density at radius 1 is 1.12 bits per heavy atom. The smallest absolute Gasteiger partial charge is 0.142 e. The highest BCUT2D eigenvalue weighted by molar-refractivity contribution is 6.32. The molecule has 2 N–H and O–H groups in total. The number of hydrogen-bond acceptors (Lipinski definition) is 7. The van der Waals surface area contributed by atoms with Gasteiger partial charge in [-0.15, -0.1) is 0 Å². The lowest BCUT2D eigenvalue weighted by molar-refractivity contribution is 0.205. The lowest BCUT2D eigenvalue weighted by atomic mass is 9.96. The number of nitriles is 1. The Bertz CT molecular complexity index is 1550. The maximum atomic E-state index is 9.46. The first-order valence-corrected chi connectivity index (χ1v) is 13.9. The quantitative estimate of drug-likeness (QED) is 0.216. The molecule has 8 heteroatoms. The largest absolute Gasteiger partial charge is 0.497 e. The average Bonchev–Trinajstić information content (AvgIpc) is 3.43. The van der Waals surface area contributed by atoms with Gasteiger partial charge in [-0.3, -0.25) is 4.98 Å². The fourth-order valence-corrected chi connectivity index (χ4v) is 5.24. The van der Waals surface area contributed by atoms with Crippen LogP contribution in [0.25, 0.3) is 11.1 Å². The lowest BCUT2D eigenvalue weighted by Crippen LogP contribution is -2.28. The van der Waals surface area contributed by atoms with Crippen LogP contribution in [-0.4, -0.2) is 29.8 Å². The predicted octanol–water partition coefficient (Wildman–Crippen LogP) is 6.40. The summed E-state index contributed by atoms with van der Waals surface area (Å²) < 4.78 is 18.1. The molecule has 0 unspecified atom stereocenters. The van der Waals surface area contributed by atoms with Gasteiger partial charge in [0.25, 0.3) is 0 Å². The minimum Gasteiger partial charge on any atom is -0.497 e. The summed E-state index contributed by atoms with van der Waals surface area (Å²) in [6.07, 6.45) is 4.77. The van der Waals surface area contributed by atoms with Crippen molar-refractivity contribution in [2.45, 2.75) is 45.1 Å². The van der Waals surface area contributed by atoms with Gasteiger partial charge in [-0.1, -0.05) is 41.9 Å². The molecular weight excluding hydrogens is 538 g/mol. The maximum absolute atomic E-state index is 9.46. The van der Waals surface area contributed by atoms with Crippen molar-refractivity contribution in [3.8, 4) is 34.4 Å². The van der Waals surface area contributed by atoms with Crippen molar-refractivity contribution in [3.63, 3.8) is 0 Å². The van der Waals surface area contributed by atoms with E-state index in [1.165, 1.54) is 17.3 Å². The zero-order chi connectivity index (χ0) is 28.8. The summed E-state index contributed by atoms with van der Waals surface area (Å²) in [5.74, 6) is 1.97. The molecule has 0 saturated heterocycles. The summed E-state index contributed by atoms with van der Waals surface area (Å²) in [5.41, 5.74) is 6.84. The molecule has 0 aliphatic heterocycles. The lowest BCUT2D eigenvalue weighted by Gasteiger charge is -2.20. The van der Waals surface area contributed by atoms with Crippen molar-refractivity contribution in [1.82, 2.24) is 10.3 Å². The fraction of sp³-hybridized carbons (Fsp3) is 0.273. The monoisotopic (exact) mass is 569 g/mol. The molecule has 1 heterocycles. The van der Waals surface area contributed by atoms with Crippen molar-refractivity contribution in [3.05, 3.63) is 106 Å². The molecule has 5 rings (SSSR count). The number of halogens is 1. The van der Waals surface area contributed by atoms with E-state index in [9.17, 15) is 10.4 Å². The predicted molar refractivity (Wildman–Crippen MR) is 158 cm³/mol. The van der Waals surface area contributed by atoms with Gasteiger partial charge in [0.1, 0.15) is 36.0 Å². The fourth-order valence-electron chi connectivity index (χ4n) is 5.01. The topological polar surface area (TPSA) is 96.6 Å². The van der Waals surface area contributed by atoms with E-state index < -0.39 is 0 Å². The van der Waals surface area contributed by atoms with Crippen LogP contribution in [0, 0.1) is 11.3 Å². The van der Waals surface area contributed by atoms with E-state index in [4.69, 9.17) is 25.8 Å². The molecule has 1 aliphatic carbocycles. The van der Waals surface area contributed by atoms with Crippen LogP contribution in [0.1, 0.15) is 47.3 Å². The Kier molecular flexibility index (Phi) is 9.05. The van der Waals surface area contributed by atoms with E-state index in [0.29, 0.717) is 28.6 Å².